The van der Waals surface area contributed by atoms with Crippen LogP contribution in [0.1, 0.15) is 30.4 Å². The van der Waals surface area contributed by atoms with Gasteiger partial charge in [0.1, 0.15) is 5.71 Å². The summed E-state index contributed by atoms with van der Waals surface area (Å²) in [5.41, 5.74) is 10.6. The number of primary amides is 1. The van der Waals surface area contributed by atoms with Crippen LogP contribution in [0.4, 0.5) is 0 Å². The molecule has 3 nitrogen and oxygen atoms in total. The number of hydrogen-bond donors (Lipinski definition) is 1. The van der Waals surface area contributed by atoms with E-state index in [1.165, 1.54) is 29.5 Å². The van der Waals surface area contributed by atoms with E-state index in [9.17, 15) is 4.79 Å². The summed E-state index contributed by atoms with van der Waals surface area (Å²) >= 11 is 0. The molecule has 0 bridgehead atoms. The minimum absolute atomic E-state index is 0.110. The van der Waals surface area contributed by atoms with Gasteiger partial charge in [-0.1, -0.05) is 72.8 Å². The maximum absolute atomic E-state index is 12.0. The summed E-state index contributed by atoms with van der Waals surface area (Å²) in [5.74, 6) is 0.143. The fourth-order valence-corrected chi connectivity index (χ4v) is 4.60. The van der Waals surface area contributed by atoms with Crippen LogP contribution >= 0.6 is 0 Å². The third-order valence-corrected chi connectivity index (χ3v) is 6.11. The number of allylic oxidation sites excluding steroid dienone is 2. The van der Waals surface area contributed by atoms with E-state index in [0.717, 1.165) is 12.0 Å². The van der Waals surface area contributed by atoms with Gasteiger partial charge in [-0.3, -0.25) is 9.79 Å². The Bertz CT molecular complexity index is 942. The maximum Gasteiger partial charge on any atom is 0.267 e. The molecule has 1 unspecified atom stereocenters. The van der Waals surface area contributed by atoms with Crippen LogP contribution in [0.3, 0.4) is 0 Å². The zero-order valence-corrected chi connectivity index (χ0v) is 15.1. The van der Waals surface area contributed by atoms with E-state index in [2.05, 4.69) is 72.8 Å². The van der Waals surface area contributed by atoms with Crippen molar-refractivity contribution in [1.29, 1.82) is 0 Å². The van der Waals surface area contributed by atoms with Gasteiger partial charge in [-0.25, -0.2) is 0 Å². The van der Waals surface area contributed by atoms with Crippen molar-refractivity contribution < 1.29 is 4.79 Å². The summed E-state index contributed by atoms with van der Waals surface area (Å²) in [7, 11) is 0. The molecule has 1 heterocycles. The van der Waals surface area contributed by atoms with Crippen molar-refractivity contribution >= 4 is 11.6 Å². The average Bonchev–Trinajstić information content (AvgIpc) is 3.49. The number of hydrogen-bond acceptors (Lipinski definition) is 2. The van der Waals surface area contributed by atoms with E-state index in [-0.39, 0.29) is 11.5 Å². The Balaban J connectivity index is 1.65. The Kier molecular flexibility index (Phi) is 3.64. The average molecular weight is 354 g/mol. The van der Waals surface area contributed by atoms with E-state index < -0.39 is 5.91 Å². The molecule has 0 aromatic heterocycles. The summed E-state index contributed by atoms with van der Waals surface area (Å²) in [6.07, 6.45) is 7.54. The molecule has 2 N–H and O–H groups in total. The number of aliphatic imine (C=N–C) groups is 1. The van der Waals surface area contributed by atoms with Crippen LogP contribution in [0.25, 0.3) is 0 Å². The van der Waals surface area contributed by atoms with Crippen LogP contribution < -0.4 is 5.73 Å². The zero-order valence-electron chi connectivity index (χ0n) is 15.1. The van der Waals surface area contributed by atoms with E-state index in [1.807, 2.05) is 0 Å². The van der Waals surface area contributed by atoms with Crippen molar-refractivity contribution in [3.8, 4) is 0 Å². The standard InChI is InChI=1S/C24H22N2O/c25-23(27)22-19-13-14-24(17-7-3-1-4-8-17,18-9-5-2-6-10-18)15-20(19)21(26-22)16-11-12-16/h1-10,13-14,16,21H,11-12,15H2,(H2,25,27). The van der Waals surface area contributed by atoms with Gasteiger partial charge in [0.05, 0.1) is 6.04 Å². The van der Waals surface area contributed by atoms with Crippen molar-refractivity contribution in [3.05, 3.63) is 95.1 Å². The first-order valence-corrected chi connectivity index (χ1v) is 9.60. The molecule has 3 heteroatoms. The number of benzene rings is 2. The predicted molar refractivity (Wildman–Crippen MR) is 108 cm³/mol. The van der Waals surface area contributed by atoms with E-state index in [0.29, 0.717) is 11.6 Å². The van der Waals surface area contributed by atoms with E-state index in [4.69, 9.17) is 10.7 Å². The molecule has 1 fully saturated rings. The highest BCUT2D eigenvalue weighted by molar-refractivity contribution is 6.46. The van der Waals surface area contributed by atoms with Gasteiger partial charge in [0, 0.05) is 11.0 Å². The SMILES string of the molecule is NC(=O)C1=NC(C2CC2)C2=C1C=CC(c1ccccc1)(c1ccccc1)C2. The maximum atomic E-state index is 12.0. The van der Waals surface area contributed by atoms with Crippen molar-refractivity contribution in [2.24, 2.45) is 16.6 Å². The number of amides is 1. The van der Waals surface area contributed by atoms with Gasteiger partial charge in [-0.05, 0) is 41.9 Å². The van der Waals surface area contributed by atoms with Gasteiger partial charge in [-0.2, -0.15) is 0 Å². The second kappa shape index (κ2) is 6.05. The second-order valence-corrected chi connectivity index (χ2v) is 7.78. The van der Waals surface area contributed by atoms with Crippen molar-refractivity contribution in [2.75, 3.05) is 0 Å². The number of carbonyl (C=O) groups is 1. The first kappa shape index (κ1) is 16.2. The molecule has 1 aliphatic heterocycles. The molecule has 134 valence electrons. The third kappa shape index (κ3) is 2.57. The van der Waals surface area contributed by atoms with Crippen molar-refractivity contribution in [2.45, 2.75) is 30.7 Å². The molecule has 2 aliphatic carbocycles. The lowest BCUT2D eigenvalue weighted by Gasteiger charge is -2.36. The van der Waals surface area contributed by atoms with Crippen LogP contribution in [0.15, 0.2) is 89.0 Å². The highest BCUT2D eigenvalue weighted by atomic mass is 16.1. The molecule has 0 spiro atoms. The number of nitrogens with zero attached hydrogens (tertiary/aromatic N) is 1. The van der Waals surface area contributed by atoms with E-state index >= 15 is 0 Å². The molecule has 5 rings (SSSR count). The van der Waals surface area contributed by atoms with Gasteiger partial charge in [0.15, 0.2) is 0 Å². The third-order valence-electron chi connectivity index (χ3n) is 6.11. The summed E-state index contributed by atoms with van der Waals surface area (Å²) < 4.78 is 0. The Morgan fingerprint density at radius 3 is 2.07 bits per heavy atom. The van der Waals surface area contributed by atoms with Gasteiger partial charge < -0.3 is 5.73 Å². The van der Waals surface area contributed by atoms with Gasteiger partial charge >= 0.3 is 0 Å². The van der Waals surface area contributed by atoms with Gasteiger partial charge in [-0.15, -0.1) is 0 Å². The largest absolute Gasteiger partial charge is 0.364 e. The van der Waals surface area contributed by atoms with Crippen molar-refractivity contribution in [3.63, 3.8) is 0 Å². The van der Waals surface area contributed by atoms with Crippen LogP contribution in [0, 0.1) is 5.92 Å². The normalized spacial score (nSPS) is 23.1. The molecule has 27 heavy (non-hydrogen) atoms. The number of nitrogens with two attached hydrogens (primary N) is 1. The highest BCUT2D eigenvalue weighted by Gasteiger charge is 2.45. The Morgan fingerprint density at radius 1 is 0.963 bits per heavy atom. The minimum Gasteiger partial charge on any atom is -0.364 e. The van der Waals surface area contributed by atoms with Crippen LogP contribution in [-0.4, -0.2) is 17.7 Å². The Hall–Kier alpha value is -2.94. The minimum atomic E-state index is -0.415. The zero-order chi connectivity index (χ0) is 18.4. The molecule has 1 saturated carbocycles. The lowest BCUT2D eigenvalue weighted by atomic mass is 9.66. The topological polar surface area (TPSA) is 55.5 Å². The molecular formula is C24H22N2O. The summed E-state index contributed by atoms with van der Waals surface area (Å²) in [5, 5.41) is 0. The fourth-order valence-electron chi connectivity index (χ4n) is 4.60. The number of carbonyl (C=O) groups excluding carboxylic acids is 1. The van der Waals surface area contributed by atoms with Gasteiger partial charge in [0.25, 0.3) is 5.91 Å². The summed E-state index contributed by atoms with van der Waals surface area (Å²) in [6.45, 7) is 0. The first-order chi connectivity index (χ1) is 13.2. The molecule has 2 aromatic rings. The second-order valence-electron chi connectivity index (χ2n) is 7.78. The smallest absolute Gasteiger partial charge is 0.267 e. The molecular weight excluding hydrogens is 332 g/mol. The molecule has 1 atom stereocenters. The highest BCUT2D eigenvalue weighted by Crippen LogP contribution is 2.50. The molecule has 3 aliphatic rings. The van der Waals surface area contributed by atoms with Crippen LogP contribution in [0.5, 0.6) is 0 Å². The lowest BCUT2D eigenvalue weighted by Crippen LogP contribution is -2.31. The molecule has 0 saturated heterocycles. The Labute approximate surface area is 159 Å². The predicted octanol–water partition coefficient (Wildman–Crippen LogP) is 3.95. The van der Waals surface area contributed by atoms with Crippen LogP contribution in [0.2, 0.25) is 0 Å². The van der Waals surface area contributed by atoms with Crippen LogP contribution in [-0.2, 0) is 10.2 Å². The van der Waals surface area contributed by atoms with Crippen molar-refractivity contribution in [1.82, 2.24) is 0 Å². The molecule has 2 aromatic carbocycles. The summed E-state index contributed by atoms with van der Waals surface area (Å²) in [6, 6.07) is 21.4. The van der Waals surface area contributed by atoms with Gasteiger partial charge in [0.2, 0.25) is 0 Å². The monoisotopic (exact) mass is 354 g/mol. The Morgan fingerprint density at radius 2 is 1.56 bits per heavy atom. The quantitative estimate of drug-likeness (QED) is 0.888. The molecule has 1 amide bonds. The lowest BCUT2D eigenvalue weighted by molar-refractivity contribution is -0.111. The number of rotatable bonds is 4. The summed E-state index contributed by atoms with van der Waals surface area (Å²) in [4.78, 5) is 16.7. The molecule has 0 radical (unpaired) electrons. The van der Waals surface area contributed by atoms with E-state index in [1.54, 1.807) is 0 Å². The fraction of sp³-hybridized carbons (Fsp3) is 0.250. The first-order valence-electron chi connectivity index (χ1n) is 9.60.